The first-order valence-electron chi connectivity index (χ1n) is 6.64. The Morgan fingerprint density at radius 2 is 0.895 bits per heavy atom. The summed E-state index contributed by atoms with van der Waals surface area (Å²) >= 11 is 2.16. The third-order valence-corrected chi connectivity index (χ3v) is 3.90. The van der Waals surface area contributed by atoms with Crippen LogP contribution in [0.15, 0.2) is 66.7 Å². The van der Waals surface area contributed by atoms with Gasteiger partial charge in [-0.3, -0.25) is 0 Å². The molecular weight excluding hydrogens is 223 g/mol. The molecule has 0 atom stereocenters. The molecule has 0 unspecified atom stereocenters. The summed E-state index contributed by atoms with van der Waals surface area (Å²) in [6, 6.07) is 24.1. The van der Waals surface area contributed by atoms with Crippen molar-refractivity contribution in [2.24, 2.45) is 0 Å². The zero-order valence-corrected chi connectivity index (χ0v) is 10.9. The predicted octanol–water partition coefficient (Wildman–Crippen LogP) is 3.94. The first-order valence-corrected chi connectivity index (χ1v) is 6.64. The van der Waals surface area contributed by atoms with E-state index in [0.717, 1.165) is 0 Å². The molecule has 0 aliphatic heterocycles. The molecule has 0 bridgehead atoms. The van der Waals surface area contributed by atoms with Gasteiger partial charge in [-0.1, -0.05) is 0 Å². The minimum absolute atomic E-state index is 1.31. The van der Waals surface area contributed by atoms with Crippen molar-refractivity contribution in [1.29, 1.82) is 0 Å². The van der Waals surface area contributed by atoms with Crippen LogP contribution < -0.4 is 4.24 Å². The standard InChI is InChI=1S/C18H11.Li/c1-2-8-14-13(7-1)15-9-3-4-11-17(15)18-12-6-5-10-16(14)18;/h1-5,7-12H;. The molecule has 0 aliphatic carbocycles. The van der Waals surface area contributed by atoms with E-state index in [1.165, 1.54) is 36.6 Å². The molecule has 84 valence electrons. The van der Waals surface area contributed by atoms with E-state index in [4.69, 9.17) is 0 Å². The molecule has 4 aromatic carbocycles. The molecule has 1 heteroatoms. The molecule has 0 aliphatic rings. The van der Waals surface area contributed by atoms with Crippen LogP contribution in [0, 0.1) is 0 Å². The van der Waals surface area contributed by atoms with Crippen LogP contribution in [0.25, 0.3) is 32.3 Å². The van der Waals surface area contributed by atoms with Crippen LogP contribution in [0.2, 0.25) is 0 Å². The Hall–Kier alpha value is -1.74. The molecule has 0 saturated carbocycles. The Kier molecular flexibility index (Phi) is 2.42. The summed E-state index contributed by atoms with van der Waals surface area (Å²) in [5.74, 6) is 0. The summed E-state index contributed by atoms with van der Waals surface area (Å²) in [7, 11) is 0. The summed E-state index contributed by atoms with van der Waals surface area (Å²) in [5, 5.41) is 8.08. The van der Waals surface area contributed by atoms with Crippen LogP contribution in [-0.4, -0.2) is 17.7 Å². The first kappa shape index (κ1) is 11.1. The molecule has 0 nitrogen and oxygen atoms in total. The molecule has 0 aromatic heterocycles. The summed E-state index contributed by atoms with van der Waals surface area (Å²) in [6.07, 6.45) is 0. The van der Waals surface area contributed by atoms with Gasteiger partial charge < -0.3 is 0 Å². The van der Waals surface area contributed by atoms with Crippen LogP contribution in [0.1, 0.15) is 0 Å². The molecule has 4 aromatic rings. The van der Waals surface area contributed by atoms with Crippen LogP contribution in [0.5, 0.6) is 0 Å². The Bertz CT molecular complexity index is 887. The van der Waals surface area contributed by atoms with Crippen molar-refractivity contribution < 1.29 is 0 Å². The van der Waals surface area contributed by atoms with Crippen molar-refractivity contribution in [3.05, 3.63) is 66.7 Å². The van der Waals surface area contributed by atoms with Crippen LogP contribution in [0.3, 0.4) is 0 Å². The number of benzene rings is 4. The Morgan fingerprint density at radius 3 is 1.42 bits per heavy atom. The third-order valence-electron chi connectivity index (χ3n) is 3.90. The Balaban J connectivity index is 2.43. The van der Waals surface area contributed by atoms with E-state index in [1.807, 2.05) is 0 Å². The fourth-order valence-electron chi connectivity index (χ4n) is 3.02. The van der Waals surface area contributed by atoms with Crippen molar-refractivity contribution in [2.45, 2.75) is 0 Å². The summed E-state index contributed by atoms with van der Waals surface area (Å²) in [4.78, 5) is 0. The fraction of sp³-hybridized carbons (Fsp3) is 0. The molecule has 0 radical (unpaired) electrons. The molecule has 0 spiro atoms. The third kappa shape index (κ3) is 1.61. The van der Waals surface area contributed by atoms with Crippen molar-refractivity contribution in [3.8, 4) is 0 Å². The van der Waals surface area contributed by atoms with E-state index in [1.54, 1.807) is 0 Å². The van der Waals surface area contributed by atoms with Gasteiger partial charge in [-0.25, -0.2) is 0 Å². The number of hydrogen-bond acceptors (Lipinski definition) is 0. The van der Waals surface area contributed by atoms with E-state index < -0.39 is 0 Å². The van der Waals surface area contributed by atoms with Gasteiger partial charge in [-0.05, 0) is 0 Å². The summed E-state index contributed by atoms with van der Waals surface area (Å²) < 4.78 is 1.31. The van der Waals surface area contributed by atoms with Crippen molar-refractivity contribution in [1.82, 2.24) is 0 Å². The van der Waals surface area contributed by atoms with Gasteiger partial charge in [0.05, 0.1) is 0 Å². The number of rotatable bonds is 0. The average molecular weight is 234 g/mol. The van der Waals surface area contributed by atoms with Crippen molar-refractivity contribution in [2.75, 3.05) is 0 Å². The Morgan fingerprint density at radius 1 is 0.474 bits per heavy atom. The van der Waals surface area contributed by atoms with Crippen LogP contribution in [0.4, 0.5) is 0 Å². The number of fused-ring (bicyclic) bond motifs is 6. The van der Waals surface area contributed by atoms with Crippen LogP contribution in [-0.2, 0) is 0 Å². The molecule has 0 heterocycles. The van der Waals surface area contributed by atoms with Crippen LogP contribution >= 0.6 is 0 Å². The van der Waals surface area contributed by atoms with Gasteiger partial charge in [0.25, 0.3) is 0 Å². The molecule has 0 N–H and O–H groups in total. The van der Waals surface area contributed by atoms with Gasteiger partial charge in [-0.2, -0.15) is 0 Å². The predicted molar refractivity (Wildman–Crippen MR) is 84.3 cm³/mol. The second-order valence-corrected chi connectivity index (χ2v) is 5.14. The summed E-state index contributed by atoms with van der Waals surface area (Å²) in [5.41, 5.74) is 0. The molecular formula is C18H11Li. The average Bonchev–Trinajstić information content (AvgIpc) is 2.47. The Labute approximate surface area is 121 Å². The second-order valence-electron chi connectivity index (χ2n) is 5.14. The molecule has 0 fully saturated rings. The minimum atomic E-state index is 1.31. The van der Waals surface area contributed by atoms with E-state index >= 15 is 0 Å². The van der Waals surface area contributed by atoms with Gasteiger partial charge in [0.2, 0.25) is 0 Å². The molecule has 0 saturated heterocycles. The van der Waals surface area contributed by atoms with E-state index in [9.17, 15) is 0 Å². The van der Waals surface area contributed by atoms with Gasteiger partial charge in [0.1, 0.15) is 0 Å². The van der Waals surface area contributed by atoms with Gasteiger partial charge >= 0.3 is 121 Å². The van der Waals surface area contributed by atoms with Gasteiger partial charge in [-0.15, -0.1) is 0 Å². The molecule has 0 amide bonds. The molecule has 19 heavy (non-hydrogen) atoms. The normalized spacial score (nSPS) is 11.5. The van der Waals surface area contributed by atoms with Crippen molar-refractivity contribution >= 4 is 54.3 Å². The molecule has 4 rings (SSSR count). The van der Waals surface area contributed by atoms with Crippen molar-refractivity contribution in [3.63, 3.8) is 0 Å². The fourth-order valence-corrected chi connectivity index (χ4v) is 3.02. The van der Waals surface area contributed by atoms with E-state index in [-0.39, 0.29) is 0 Å². The number of hydrogen-bond donors (Lipinski definition) is 0. The summed E-state index contributed by atoms with van der Waals surface area (Å²) in [6.45, 7) is 0. The zero-order chi connectivity index (χ0) is 12.8. The topological polar surface area (TPSA) is 0 Å². The second kappa shape index (κ2) is 4.13. The first-order chi connectivity index (χ1) is 9.34. The van der Waals surface area contributed by atoms with Gasteiger partial charge in [0, 0.05) is 0 Å². The maximum atomic E-state index is 2.30. The maximum absolute atomic E-state index is 2.30. The monoisotopic (exact) mass is 234 g/mol. The van der Waals surface area contributed by atoms with Gasteiger partial charge in [0.15, 0.2) is 0 Å². The quantitative estimate of drug-likeness (QED) is 0.319. The zero-order valence-electron chi connectivity index (χ0n) is 10.9. The van der Waals surface area contributed by atoms with E-state index in [2.05, 4.69) is 84.4 Å². The van der Waals surface area contributed by atoms with E-state index in [0.29, 0.717) is 0 Å². The SMILES string of the molecule is [Li][c]1ccc2c3ccccc3c3ccccc3c2c1.